The molecule has 2 unspecified atom stereocenters. The van der Waals surface area contributed by atoms with Crippen LogP contribution in [0.1, 0.15) is 13.3 Å². The van der Waals surface area contributed by atoms with E-state index in [1.54, 1.807) is 6.92 Å². The van der Waals surface area contributed by atoms with Crippen molar-refractivity contribution in [2.75, 3.05) is 13.2 Å². The monoisotopic (exact) mass is 159 g/mol. The molecule has 1 heterocycles. The normalized spacial score (nSPS) is 37.5. The van der Waals surface area contributed by atoms with Crippen molar-refractivity contribution in [3.8, 4) is 0 Å². The SMILES string of the molecule is CC1(C(=O)O)CC(CN)CO1. The second-order valence-corrected chi connectivity index (χ2v) is 3.15. The van der Waals surface area contributed by atoms with Gasteiger partial charge in [-0.15, -0.1) is 0 Å². The second-order valence-electron chi connectivity index (χ2n) is 3.15. The topological polar surface area (TPSA) is 72.5 Å². The van der Waals surface area contributed by atoms with E-state index < -0.39 is 11.6 Å². The molecule has 2 atom stereocenters. The third-order valence-electron chi connectivity index (χ3n) is 2.10. The average molecular weight is 159 g/mol. The number of carboxylic acids is 1. The van der Waals surface area contributed by atoms with E-state index >= 15 is 0 Å². The number of hydrogen-bond donors (Lipinski definition) is 2. The first-order chi connectivity index (χ1) is 5.08. The number of rotatable bonds is 2. The largest absolute Gasteiger partial charge is 0.479 e. The summed E-state index contributed by atoms with van der Waals surface area (Å²) in [6.45, 7) is 2.56. The van der Waals surface area contributed by atoms with Gasteiger partial charge >= 0.3 is 5.97 Å². The van der Waals surface area contributed by atoms with Crippen LogP contribution in [-0.2, 0) is 9.53 Å². The Labute approximate surface area is 65.3 Å². The predicted octanol–water partition coefficient (Wildman–Crippen LogP) is -0.175. The highest BCUT2D eigenvalue weighted by Crippen LogP contribution is 2.29. The first kappa shape index (κ1) is 8.49. The molecule has 4 nitrogen and oxygen atoms in total. The van der Waals surface area contributed by atoms with Gasteiger partial charge in [0.25, 0.3) is 0 Å². The summed E-state index contributed by atoms with van der Waals surface area (Å²) in [5, 5.41) is 8.72. The van der Waals surface area contributed by atoms with E-state index in [1.165, 1.54) is 0 Å². The number of carboxylic acid groups (broad SMARTS) is 1. The van der Waals surface area contributed by atoms with Crippen molar-refractivity contribution in [1.29, 1.82) is 0 Å². The van der Waals surface area contributed by atoms with E-state index in [2.05, 4.69) is 0 Å². The van der Waals surface area contributed by atoms with Crippen LogP contribution in [0.3, 0.4) is 0 Å². The Morgan fingerprint density at radius 2 is 2.55 bits per heavy atom. The zero-order valence-electron chi connectivity index (χ0n) is 6.54. The Hall–Kier alpha value is -0.610. The maximum Gasteiger partial charge on any atom is 0.335 e. The quantitative estimate of drug-likeness (QED) is 0.586. The maximum absolute atomic E-state index is 10.6. The van der Waals surface area contributed by atoms with Crippen molar-refractivity contribution < 1.29 is 14.6 Å². The predicted molar refractivity (Wildman–Crippen MR) is 39.2 cm³/mol. The molecule has 11 heavy (non-hydrogen) atoms. The molecule has 1 fully saturated rings. The molecule has 1 rings (SSSR count). The highest BCUT2D eigenvalue weighted by Gasteiger charge is 2.42. The van der Waals surface area contributed by atoms with Crippen molar-refractivity contribution in [3.05, 3.63) is 0 Å². The highest BCUT2D eigenvalue weighted by molar-refractivity contribution is 5.77. The fraction of sp³-hybridized carbons (Fsp3) is 0.857. The lowest BCUT2D eigenvalue weighted by atomic mass is 9.96. The Balaban J connectivity index is 2.57. The number of nitrogens with two attached hydrogens (primary N) is 1. The van der Waals surface area contributed by atoms with Gasteiger partial charge < -0.3 is 15.6 Å². The first-order valence-corrected chi connectivity index (χ1v) is 3.66. The Morgan fingerprint density at radius 1 is 1.91 bits per heavy atom. The molecule has 0 saturated carbocycles. The second kappa shape index (κ2) is 2.79. The summed E-state index contributed by atoms with van der Waals surface area (Å²) in [7, 11) is 0. The van der Waals surface area contributed by atoms with Crippen LogP contribution < -0.4 is 5.73 Å². The fourth-order valence-electron chi connectivity index (χ4n) is 1.27. The molecule has 0 amide bonds. The van der Waals surface area contributed by atoms with Crippen LogP contribution in [0.5, 0.6) is 0 Å². The van der Waals surface area contributed by atoms with Gasteiger partial charge in [0, 0.05) is 0 Å². The molecule has 1 aliphatic rings. The lowest BCUT2D eigenvalue weighted by Gasteiger charge is -2.16. The molecule has 3 N–H and O–H groups in total. The van der Waals surface area contributed by atoms with Crippen molar-refractivity contribution in [3.63, 3.8) is 0 Å². The van der Waals surface area contributed by atoms with Gasteiger partial charge in [-0.2, -0.15) is 0 Å². The number of aliphatic carboxylic acids is 1. The Morgan fingerprint density at radius 3 is 2.82 bits per heavy atom. The van der Waals surface area contributed by atoms with Crippen LogP contribution in [0.4, 0.5) is 0 Å². The summed E-state index contributed by atoms with van der Waals surface area (Å²) in [4.78, 5) is 10.6. The molecular formula is C7H13NO3. The Bertz CT molecular complexity index is 171. The van der Waals surface area contributed by atoms with Gasteiger partial charge in [0.1, 0.15) is 0 Å². The van der Waals surface area contributed by atoms with Crippen LogP contribution in [0.25, 0.3) is 0 Å². The third kappa shape index (κ3) is 1.52. The molecular weight excluding hydrogens is 146 g/mol. The molecule has 0 bridgehead atoms. The summed E-state index contributed by atoms with van der Waals surface area (Å²) < 4.78 is 5.13. The van der Waals surface area contributed by atoms with Crippen LogP contribution in [0.15, 0.2) is 0 Å². The van der Waals surface area contributed by atoms with E-state index in [0.29, 0.717) is 19.6 Å². The molecule has 0 spiro atoms. The first-order valence-electron chi connectivity index (χ1n) is 3.66. The van der Waals surface area contributed by atoms with E-state index in [0.717, 1.165) is 0 Å². The molecule has 1 aliphatic heterocycles. The van der Waals surface area contributed by atoms with Crippen LogP contribution >= 0.6 is 0 Å². The number of hydrogen-bond acceptors (Lipinski definition) is 3. The lowest BCUT2D eigenvalue weighted by molar-refractivity contribution is -0.157. The molecule has 1 saturated heterocycles. The molecule has 0 aliphatic carbocycles. The molecule has 0 radical (unpaired) electrons. The van der Waals surface area contributed by atoms with Crippen molar-refractivity contribution >= 4 is 5.97 Å². The smallest absolute Gasteiger partial charge is 0.335 e. The fourth-order valence-corrected chi connectivity index (χ4v) is 1.27. The Kier molecular flexibility index (Phi) is 2.15. The summed E-state index contributed by atoms with van der Waals surface area (Å²) in [5.41, 5.74) is 4.39. The molecule has 0 aromatic heterocycles. The van der Waals surface area contributed by atoms with Gasteiger partial charge in [0.2, 0.25) is 0 Å². The zero-order chi connectivity index (χ0) is 8.48. The van der Waals surface area contributed by atoms with Crippen molar-refractivity contribution in [1.82, 2.24) is 0 Å². The molecule has 64 valence electrons. The molecule has 4 heteroatoms. The van der Waals surface area contributed by atoms with Gasteiger partial charge in [-0.05, 0) is 25.8 Å². The van der Waals surface area contributed by atoms with Crippen molar-refractivity contribution in [2.45, 2.75) is 18.9 Å². The summed E-state index contributed by atoms with van der Waals surface area (Å²) in [5.74, 6) is -0.690. The minimum Gasteiger partial charge on any atom is -0.479 e. The van der Waals surface area contributed by atoms with Crippen LogP contribution in [-0.4, -0.2) is 29.8 Å². The van der Waals surface area contributed by atoms with E-state index in [4.69, 9.17) is 15.6 Å². The minimum absolute atomic E-state index is 0.205. The average Bonchev–Trinajstić information content (AvgIpc) is 2.33. The van der Waals surface area contributed by atoms with Crippen molar-refractivity contribution in [2.24, 2.45) is 11.7 Å². The van der Waals surface area contributed by atoms with Gasteiger partial charge in [0.05, 0.1) is 6.61 Å². The van der Waals surface area contributed by atoms with Gasteiger partial charge in [-0.25, -0.2) is 4.79 Å². The third-order valence-corrected chi connectivity index (χ3v) is 2.10. The standard InChI is InChI=1S/C7H13NO3/c1-7(6(9)10)2-5(3-8)4-11-7/h5H,2-4,8H2,1H3,(H,9,10). The highest BCUT2D eigenvalue weighted by atomic mass is 16.5. The summed E-state index contributed by atoms with van der Waals surface area (Å²) in [6, 6.07) is 0. The van der Waals surface area contributed by atoms with Crippen LogP contribution in [0.2, 0.25) is 0 Å². The van der Waals surface area contributed by atoms with E-state index in [1.807, 2.05) is 0 Å². The number of ether oxygens (including phenoxy) is 1. The summed E-state index contributed by atoms with van der Waals surface area (Å²) in [6.07, 6.45) is 0.527. The van der Waals surface area contributed by atoms with Gasteiger partial charge in [-0.3, -0.25) is 0 Å². The minimum atomic E-state index is -0.996. The van der Waals surface area contributed by atoms with Crippen LogP contribution in [0, 0.1) is 5.92 Å². The maximum atomic E-state index is 10.6. The van der Waals surface area contributed by atoms with E-state index in [9.17, 15) is 4.79 Å². The zero-order valence-corrected chi connectivity index (χ0v) is 6.54. The molecule has 0 aromatic rings. The van der Waals surface area contributed by atoms with Gasteiger partial charge in [-0.1, -0.05) is 0 Å². The number of carbonyl (C=O) groups is 1. The molecule has 0 aromatic carbocycles. The lowest BCUT2D eigenvalue weighted by Crippen LogP contribution is -2.34. The van der Waals surface area contributed by atoms with Gasteiger partial charge in [0.15, 0.2) is 5.60 Å². The summed E-state index contributed by atoms with van der Waals surface area (Å²) >= 11 is 0. The van der Waals surface area contributed by atoms with E-state index in [-0.39, 0.29) is 5.92 Å².